The van der Waals surface area contributed by atoms with Crippen LogP contribution in [0.3, 0.4) is 0 Å². The van der Waals surface area contributed by atoms with Gasteiger partial charge >= 0.3 is 6.03 Å². The lowest BCUT2D eigenvalue weighted by Gasteiger charge is -2.32. The number of morpholine rings is 1. The number of carbonyl (C=O) groups excluding carboxylic acids is 1. The summed E-state index contributed by atoms with van der Waals surface area (Å²) in [5.41, 5.74) is 2.24. The van der Waals surface area contributed by atoms with Gasteiger partial charge in [-0.1, -0.05) is 42.5 Å². The van der Waals surface area contributed by atoms with Crippen molar-refractivity contribution in [1.29, 1.82) is 0 Å². The Hall–Kier alpha value is -2.53. The van der Waals surface area contributed by atoms with Crippen LogP contribution in [0.4, 0.5) is 4.79 Å². The first-order valence-electron chi connectivity index (χ1n) is 8.58. The fourth-order valence-corrected chi connectivity index (χ4v) is 2.78. The fourth-order valence-electron chi connectivity index (χ4n) is 2.78. The summed E-state index contributed by atoms with van der Waals surface area (Å²) < 4.78 is 11.5. The first-order valence-corrected chi connectivity index (χ1v) is 8.58. The smallest absolute Gasteiger partial charge is 0.317 e. The van der Waals surface area contributed by atoms with Gasteiger partial charge in [-0.15, -0.1) is 0 Å². The molecule has 1 saturated heterocycles. The number of nitrogens with zero attached hydrogens (tertiary/aromatic N) is 1. The largest absolute Gasteiger partial charge is 0.491 e. The van der Waals surface area contributed by atoms with Crippen LogP contribution in [-0.2, 0) is 11.3 Å². The van der Waals surface area contributed by atoms with Crippen molar-refractivity contribution in [2.24, 2.45) is 0 Å². The molecule has 0 saturated carbocycles. The Morgan fingerprint density at radius 3 is 2.88 bits per heavy atom. The second-order valence-electron chi connectivity index (χ2n) is 6.21. The van der Waals surface area contributed by atoms with E-state index in [1.54, 1.807) is 4.90 Å². The molecule has 0 aromatic heterocycles. The molecule has 1 unspecified atom stereocenters. The zero-order chi connectivity index (χ0) is 17.5. The maximum absolute atomic E-state index is 12.4. The second kappa shape index (κ2) is 8.53. The zero-order valence-corrected chi connectivity index (χ0v) is 14.5. The van der Waals surface area contributed by atoms with Crippen LogP contribution in [0.25, 0.3) is 0 Å². The maximum Gasteiger partial charge on any atom is 0.317 e. The van der Waals surface area contributed by atoms with Gasteiger partial charge in [-0.25, -0.2) is 4.79 Å². The zero-order valence-electron chi connectivity index (χ0n) is 14.5. The summed E-state index contributed by atoms with van der Waals surface area (Å²) in [5, 5.41) is 2.96. The highest BCUT2D eigenvalue weighted by atomic mass is 16.5. The fraction of sp³-hybridized carbons (Fsp3) is 0.350. The standard InChI is InChI=1S/C20H24N2O3/c1-16-6-5-9-18(12-16)25-15-19-14-22(10-11-24-19)20(23)21-13-17-7-3-2-4-8-17/h2-9,12,19H,10-11,13-15H2,1H3,(H,21,23). The minimum Gasteiger partial charge on any atom is -0.491 e. The molecule has 5 heteroatoms. The van der Waals surface area contributed by atoms with Gasteiger partial charge in [0.1, 0.15) is 18.5 Å². The van der Waals surface area contributed by atoms with Crippen molar-refractivity contribution in [1.82, 2.24) is 10.2 Å². The maximum atomic E-state index is 12.4. The van der Waals surface area contributed by atoms with Crippen molar-refractivity contribution in [2.75, 3.05) is 26.3 Å². The Morgan fingerprint density at radius 2 is 2.08 bits per heavy atom. The highest BCUT2D eigenvalue weighted by Gasteiger charge is 2.24. The van der Waals surface area contributed by atoms with Crippen molar-refractivity contribution in [2.45, 2.75) is 19.6 Å². The van der Waals surface area contributed by atoms with Crippen molar-refractivity contribution in [3.05, 3.63) is 65.7 Å². The van der Waals surface area contributed by atoms with Gasteiger partial charge in [0.15, 0.2) is 0 Å². The van der Waals surface area contributed by atoms with Crippen LogP contribution in [0.5, 0.6) is 5.75 Å². The number of ether oxygens (including phenoxy) is 2. The molecule has 0 aliphatic carbocycles. The summed E-state index contributed by atoms with van der Waals surface area (Å²) in [5.74, 6) is 0.828. The number of amides is 2. The van der Waals surface area contributed by atoms with E-state index in [4.69, 9.17) is 9.47 Å². The second-order valence-corrected chi connectivity index (χ2v) is 6.21. The average Bonchev–Trinajstić information content (AvgIpc) is 2.65. The van der Waals surface area contributed by atoms with E-state index in [9.17, 15) is 4.79 Å². The van der Waals surface area contributed by atoms with Gasteiger partial charge in [0.2, 0.25) is 0 Å². The van der Waals surface area contributed by atoms with E-state index < -0.39 is 0 Å². The van der Waals surface area contributed by atoms with Gasteiger partial charge in [0.05, 0.1) is 13.2 Å². The molecular weight excluding hydrogens is 316 g/mol. The van der Waals surface area contributed by atoms with Gasteiger partial charge in [0.25, 0.3) is 0 Å². The van der Waals surface area contributed by atoms with E-state index in [0.717, 1.165) is 16.9 Å². The monoisotopic (exact) mass is 340 g/mol. The molecule has 1 heterocycles. The Bertz CT molecular complexity index is 690. The summed E-state index contributed by atoms with van der Waals surface area (Å²) in [7, 11) is 0. The highest BCUT2D eigenvalue weighted by Crippen LogP contribution is 2.14. The highest BCUT2D eigenvalue weighted by molar-refractivity contribution is 5.74. The van der Waals surface area contributed by atoms with Gasteiger partial charge in [-0.3, -0.25) is 0 Å². The molecule has 1 aliphatic heterocycles. The molecule has 1 fully saturated rings. The molecule has 1 aliphatic rings. The van der Waals surface area contributed by atoms with Crippen molar-refractivity contribution < 1.29 is 14.3 Å². The van der Waals surface area contributed by atoms with Crippen molar-refractivity contribution >= 4 is 6.03 Å². The number of rotatable bonds is 5. The van der Waals surface area contributed by atoms with Gasteiger partial charge in [-0.2, -0.15) is 0 Å². The minimum absolute atomic E-state index is 0.0623. The Kier molecular flexibility index (Phi) is 5.90. The SMILES string of the molecule is Cc1cccc(OCC2CN(C(=O)NCc3ccccc3)CCO2)c1. The Balaban J connectivity index is 1.46. The molecular formula is C20H24N2O3. The molecule has 1 N–H and O–H groups in total. The third-order valence-electron chi connectivity index (χ3n) is 4.14. The van der Waals surface area contributed by atoms with E-state index in [2.05, 4.69) is 5.32 Å². The van der Waals surface area contributed by atoms with Gasteiger partial charge in [0, 0.05) is 13.1 Å². The Labute approximate surface area is 148 Å². The lowest BCUT2D eigenvalue weighted by molar-refractivity contribution is -0.0352. The van der Waals surface area contributed by atoms with Crippen LogP contribution in [0.15, 0.2) is 54.6 Å². The first-order chi connectivity index (χ1) is 12.2. The molecule has 0 radical (unpaired) electrons. The molecule has 0 bridgehead atoms. The van der Waals surface area contributed by atoms with E-state index in [0.29, 0.717) is 32.8 Å². The lowest BCUT2D eigenvalue weighted by Crippen LogP contribution is -2.50. The third kappa shape index (κ3) is 5.22. The summed E-state index contributed by atoms with van der Waals surface area (Å²) in [6.45, 7) is 4.66. The topological polar surface area (TPSA) is 50.8 Å². The summed E-state index contributed by atoms with van der Waals surface area (Å²) in [4.78, 5) is 14.1. The predicted molar refractivity (Wildman–Crippen MR) is 96.7 cm³/mol. The summed E-state index contributed by atoms with van der Waals surface area (Å²) >= 11 is 0. The summed E-state index contributed by atoms with van der Waals surface area (Å²) in [6.07, 6.45) is -0.114. The molecule has 2 amide bonds. The minimum atomic E-state index is -0.114. The number of benzene rings is 2. The Morgan fingerprint density at radius 1 is 1.24 bits per heavy atom. The quantitative estimate of drug-likeness (QED) is 0.910. The lowest BCUT2D eigenvalue weighted by atomic mass is 10.2. The van der Waals surface area contributed by atoms with Crippen LogP contribution in [0.1, 0.15) is 11.1 Å². The van der Waals surface area contributed by atoms with E-state index in [1.165, 1.54) is 0 Å². The molecule has 1 atom stereocenters. The van der Waals surface area contributed by atoms with Crippen LogP contribution >= 0.6 is 0 Å². The third-order valence-corrected chi connectivity index (χ3v) is 4.14. The van der Waals surface area contributed by atoms with Crippen LogP contribution in [-0.4, -0.2) is 43.3 Å². The van der Waals surface area contributed by atoms with E-state index in [-0.39, 0.29) is 12.1 Å². The summed E-state index contributed by atoms with van der Waals surface area (Å²) in [6, 6.07) is 17.8. The number of urea groups is 1. The number of aryl methyl sites for hydroxylation is 1. The number of hydrogen-bond donors (Lipinski definition) is 1. The molecule has 0 spiro atoms. The first kappa shape index (κ1) is 17.3. The molecule has 132 valence electrons. The molecule has 3 rings (SSSR count). The van der Waals surface area contributed by atoms with Crippen LogP contribution in [0.2, 0.25) is 0 Å². The average molecular weight is 340 g/mol. The molecule has 2 aromatic carbocycles. The van der Waals surface area contributed by atoms with Crippen LogP contribution < -0.4 is 10.1 Å². The van der Waals surface area contributed by atoms with Crippen LogP contribution in [0, 0.1) is 6.92 Å². The number of hydrogen-bond acceptors (Lipinski definition) is 3. The van der Waals surface area contributed by atoms with Gasteiger partial charge in [-0.05, 0) is 30.2 Å². The predicted octanol–water partition coefficient (Wildman–Crippen LogP) is 2.98. The molecule has 2 aromatic rings. The molecule has 5 nitrogen and oxygen atoms in total. The number of nitrogens with one attached hydrogen (secondary N) is 1. The van der Waals surface area contributed by atoms with Gasteiger partial charge < -0.3 is 19.7 Å². The van der Waals surface area contributed by atoms with Crippen molar-refractivity contribution in [3.63, 3.8) is 0 Å². The van der Waals surface area contributed by atoms with E-state index >= 15 is 0 Å². The van der Waals surface area contributed by atoms with Crippen molar-refractivity contribution in [3.8, 4) is 5.75 Å². The number of carbonyl (C=O) groups is 1. The normalized spacial score (nSPS) is 17.2. The van der Waals surface area contributed by atoms with E-state index in [1.807, 2.05) is 61.5 Å². The molecule has 25 heavy (non-hydrogen) atoms.